The van der Waals surface area contributed by atoms with E-state index in [4.69, 9.17) is 0 Å². The molecular formula is C9H8F3NO. The van der Waals surface area contributed by atoms with Crippen LogP contribution in [-0.4, -0.2) is 18.1 Å². The van der Waals surface area contributed by atoms with Gasteiger partial charge in [0, 0.05) is 12.3 Å². The van der Waals surface area contributed by atoms with E-state index in [9.17, 15) is 18.0 Å². The van der Waals surface area contributed by atoms with Gasteiger partial charge in [-0.2, -0.15) is 13.2 Å². The van der Waals surface area contributed by atoms with Crippen molar-refractivity contribution in [3.8, 4) is 0 Å². The molecule has 2 unspecified atom stereocenters. The first-order valence-corrected chi connectivity index (χ1v) is 4.23. The minimum Gasteiger partial charge on any atom is -0.349 e. The van der Waals surface area contributed by atoms with Crippen LogP contribution in [0.1, 0.15) is 6.42 Å². The summed E-state index contributed by atoms with van der Waals surface area (Å²) < 4.78 is 36.8. The third-order valence-corrected chi connectivity index (χ3v) is 2.41. The second-order valence-electron chi connectivity index (χ2n) is 3.44. The summed E-state index contributed by atoms with van der Waals surface area (Å²) in [5.74, 6) is -0.534. The van der Waals surface area contributed by atoms with Crippen molar-refractivity contribution in [2.24, 2.45) is 5.92 Å². The Balaban J connectivity index is 2.23. The summed E-state index contributed by atoms with van der Waals surface area (Å²) in [5, 5.41) is 2.59. The summed E-state index contributed by atoms with van der Waals surface area (Å²) in [5.41, 5.74) is -0.657. The Morgan fingerprint density at radius 1 is 1.43 bits per heavy atom. The van der Waals surface area contributed by atoms with E-state index in [1.807, 2.05) is 0 Å². The Morgan fingerprint density at radius 2 is 2.14 bits per heavy atom. The molecule has 0 aromatic heterocycles. The van der Waals surface area contributed by atoms with Gasteiger partial charge in [0.05, 0.1) is 11.6 Å². The fraction of sp³-hybridized carbons (Fsp3) is 0.444. The largest absolute Gasteiger partial charge is 0.416 e. The number of carbonyl (C=O) groups excluding carboxylic acids is 1. The molecule has 76 valence electrons. The number of allylic oxidation sites excluding steroid dienone is 2. The zero-order chi connectivity index (χ0) is 10.3. The molecule has 1 saturated heterocycles. The van der Waals surface area contributed by atoms with E-state index < -0.39 is 11.7 Å². The van der Waals surface area contributed by atoms with Crippen LogP contribution < -0.4 is 5.32 Å². The Labute approximate surface area is 78.5 Å². The number of rotatable bonds is 0. The van der Waals surface area contributed by atoms with Crippen molar-refractivity contribution in [1.29, 1.82) is 0 Å². The average Bonchev–Trinajstić information content (AvgIpc) is 2.41. The molecule has 0 saturated carbocycles. The van der Waals surface area contributed by atoms with Gasteiger partial charge in [-0.25, -0.2) is 0 Å². The topological polar surface area (TPSA) is 29.1 Å². The van der Waals surface area contributed by atoms with Crippen molar-refractivity contribution < 1.29 is 18.0 Å². The summed E-state index contributed by atoms with van der Waals surface area (Å²) in [6.07, 6.45) is -0.616. The van der Waals surface area contributed by atoms with Crippen LogP contribution in [0, 0.1) is 5.92 Å². The van der Waals surface area contributed by atoms with Crippen molar-refractivity contribution in [2.75, 3.05) is 0 Å². The molecule has 2 atom stereocenters. The third-order valence-electron chi connectivity index (χ3n) is 2.41. The van der Waals surface area contributed by atoms with Gasteiger partial charge in [-0.1, -0.05) is 18.2 Å². The van der Waals surface area contributed by atoms with Crippen LogP contribution in [0.5, 0.6) is 0 Å². The molecule has 1 aliphatic carbocycles. The fourth-order valence-corrected chi connectivity index (χ4v) is 1.73. The Kier molecular flexibility index (Phi) is 1.90. The first-order chi connectivity index (χ1) is 6.47. The predicted octanol–water partition coefficient (Wildman–Crippen LogP) is 1.55. The molecule has 0 aromatic rings. The van der Waals surface area contributed by atoms with Crippen LogP contribution in [0.25, 0.3) is 0 Å². The maximum Gasteiger partial charge on any atom is 0.416 e. The molecular weight excluding hydrogens is 195 g/mol. The summed E-state index contributed by atoms with van der Waals surface area (Å²) in [6, 6.07) is -0.256. The summed E-state index contributed by atoms with van der Waals surface area (Å²) >= 11 is 0. The molecule has 0 aromatic carbocycles. The SMILES string of the molecule is O=C1CC2C=C(C(F)(F)F)C=CC2N1. The minimum absolute atomic E-state index is 0.147. The number of nitrogens with one attached hydrogen (secondary N) is 1. The van der Waals surface area contributed by atoms with E-state index in [0.29, 0.717) is 0 Å². The molecule has 5 heteroatoms. The van der Waals surface area contributed by atoms with E-state index in [0.717, 1.165) is 12.2 Å². The van der Waals surface area contributed by atoms with E-state index in [2.05, 4.69) is 5.32 Å². The molecule has 2 nitrogen and oxygen atoms in total. The van der Waals surface area contributed by atoms with E-state index in [1.165, 1.54) is 6.08 Å². The van der Waals surface area contributed by atoms with Gasteiger partial charge in [-0.15, -0.1) is 0 Å². The van der Waals surface area contributed by atoms with Gasteiger partial charge in [-0.05, 0) is 0 Å². The van der Waals surface area contributed by atoms with Crippen LogP contribution in [0.3, 0.4) is 0 Å². The van der Waals surface area contributed by atoms with Crippen molar-refractivity contribution in [3.05, 3.63) is 23.8 Å². The first-order valence-electron chi connectivity index (χ1n) is 4.23. The molecule has 1 fully saturated rings. The summed E-state index contributed by atoms with van der Waals surface area (Å²) in [7, 11) is 0. The summed E-state index contributed by atoms with van der Waals surface area (Å²) in [4.78, 5) is 10.9. The second kappa shape index (κ2) is 2.87. The number of halogens is 3. The van der Waals surface area contributed by atoms with Crippen LogP contribution in [0.2, 0.25) is 0 Å². The number of carbonyl (C=O) groups is 1. The number of fused-ring (bicyclic) bond motifs is 1. The van der Waals surface area contributed by atoms with Gasteiger partial charge < -0.3 is 5.32 Å². The first kappa shape index (κ1) is 9.30. The lowest BCUT2D eigenvalue weighted by atomic mass is 9.92. The van der Waals surface area contributed by atoms with Crippen LogP contribution in [-0.2, 0) is 4.79 Å². The molecule has 0 radical (unpaired) electrons. The quantitative estimate of drug-likeness (QED) is 0.635. The molecule has 2 aliphatic rings. The van der Waals surface area contributed by atoms with E-state index in [-0.39, 0.29) is 24.3 Å². The maximum atomic E-state index is 12.3. The highest BCUT2D eigenvalue weighted by Crippen LogP contribution is 2.33. The van der Waals surface area contributed by atoms with Crippen molar-refractivity contribution in [2.45, 2.75) is 18.6 Å². The minimum atomic E-state index is -4.31. The zero-order valence-corrected chi connectivity index (χ0v) is 7.14. The highest BCUT2D eigenvalue weighted by Gasteiger charge is 2.38. The molecule has 2 rings (SSSR count). The van der Waals surface area contributed by atoms with Gasteiger partial charge in [0.15, 0.2) is 0 Å². The maximum absolute atomic E-state index is 12.3. The van der Waals surface area contributed by atoms with Crippen LogP contribution in [0.4, 0.5) is 13.2 Å². The zero-order valence-electron chi connectivity index (χ0n) is 7.14. The monoisotopic (exact) mass is 203 g/mol. The van der Waals surface area contributed by atoms with Gasteiger partial charge in [0.25, 0.3) is 0 Å². The van der Waals surface area contributed by atoms with Gasteiger partial charge >= 0.3 is 6.18 Å². The van der Waals surface area contributed by atoms with Gasteiger partial charge in [0.2, 0.25) is 5.91 Å². The average molecular weight is 203 g/mol. The lowest BCUT2D eigenvalue weighted by Gasteiger charge is -2.19. The number of alkyl halides is 3. The van der Waals surface area contributed by atoms with Gasteiger partial charge in [-0.3, -0.25) is 4.79 Å². The normalized spacial score (nSPS) is 31.1. The van der Waals surface area contributed by atoms with E-state index >= 15 is 0 Å². The Bertz CT molecular complexity index is 329. The molecule has 1 heterocycles. The highest BCUT2D eigenvalue weighted by molar-refractivity contribution is 5.80. The molecule has 1 aliphatic heterocycles. The highest BCUT2D eigenvalue weighted by atomic mass is 19.4. The van der Waals surface area contributed by atoms with Crippen molar-refractivity contribution in [1.82, 2.24) is 5.32 Å². The smallest absolute Gasteiger partial charge is 0.349 e. The van der Waals surface area contributed by atoms with Crippen molar-refractivity contribution >= 4 is 5.91 Å². The standard InChI is InChI=1S/C9H8F3NO/c10-9(11,12)6-1-2-7-5(3-6)4-8(14)13-7/h1-3,5,7H,4H2,(H,13,14). The number of amides is 1. The molecule has 1 N–H and O–H groups in total. The third kappa shape index (κ3) is 1.54. The second-order valence-corrected chi connectivity index (χ2v) is 3.44. The fourth-order valence-electron chi connectivity index (χ4n) is 1.73. The van der Waals surface area contributed by atoms with Crippen molar-refractivity contribution in [3.63, 3.8) is 0 Å². The predicted molar refractivity (Wildman–Crippen MR) is 43.3 cm³/mol. The van der Waals surface area contributed by atoms with Crippen LogP contribution >= 0.6 is 0 Å². The molecule has 1 amide bonds. The Morgan fingerprint density at radius 3 is 2.79 bits per heavy atom. The van der Waals surface area contributed by atoms with E-state index in [1.54, 1.807) is 0 Å². The van der Waals surface area contributed by atoms with Crippen LogP contribution in [0.15, 0.2) is 23.8 Å². The molecule has 0 bridgehead atoms. The van der Waals surface area contributed by atoms with Gasteiger partial charge in [0.1, 0.15) is 0 Å². The number of hydrogen-bond acceptors (Lipinski definition) is 1. The Hall–Kier alpha value is -1.26. The molecule has 0 spiro atoms. The number of hydrogen-bond donors (Lipinski definition) is 1. The lowest BCUT2D eigenvalue weighted by molar-refractivity contribution is -0.119. The lowest BCUT2D eigenvalue weighted by Crippen LogP contribution is -2.29. The summed E-state index contributed by atoms with van der Waals surface area (Å²) in [6.45, 7) is 0. The molecule has 14 heavy (non-hydrogen) atoms.